The van der Waals surface area contributed by atoms with Crippen molar-refractivity contribution < 1.29 is 23.9 Å². The lowest BCUT2D eigenvalue weighted by Gasteiger charge is -2.44. The maximum Gasteiger partial charge on any atom is 0.262 e. The fraction of sp³-hybridized carbons (Fsp3) is 0.441. The van der Waals surface area contributed by atoms with Crippen LogP contribution in [-0.2, 0) is 14.4 Å². The topological polar surface area (TPSA) is 93.7 Å². The van der Waals surface area contributed by atoms with Crippen molar-refractivity contribution in [3.05, 3.63) is 75.1 Å². The number of hydrogen-bond acceptors (Lipinski definition) is 6. The average molecular weight is 591 g/mol. The van der Waals surface area contributed by atoms with E-state index in [4.69, 9.17) is 21.1 Å². The Labute approximate surface area is 252 Å². The molecule has 8 heteroatoms. The van der Waals surface area contributed by atoms with Crippen LogP contribution in [0.15, 0.2) is 58.9 Å². The van der Waals surface area contributed by atoms with E-state index < -0.39 is 5.92 Å². The van der Waals surface area contributed by atoms with Crippen LogP contribution in [0.25, 0.3) is 0 Å². The quantitative estimate of drug-likeness (QED) is 0.359. The summed E-state index contributed by atoms with van der Waals surface area (Å²) in [5.41, 5.74) is 5.14. The third-order valence-corrected chi connectivity index (χ3v) is 8.54. The van der Waals surface area contributed by atoms with E-state index in [2.05, 4.69) is 38.3 Å². The second kappa shape index (κ2) is 11.3. The van der Waals surface area contributed by atoms with Crippen molar-refractivity contribution in [2.24, 2.45) is 10.8 Å². The number of rotatable bonds is 7. The minimum Gasteiger partial charge on any atom is -0.490 e. The van der Waals surface area contributed by atoms with Gasteiger partial charge in [-0.25, -0.2) is 0 Å². The van der Waals surface area contributed by atoms with Crippen LogP contribution in [0.1, 0.15) is 77.3 Å². The monoisotopic (exact) mass is 590 g/mol. The van der Waals surface area contributed by atoms with Crippen LogP contribution in [-0.4, -0.2) is 30.7 Å². The molecule has 0 saturated heterocycles. The van der Waals surface area contributed by atoms with Crippen molar-refractivity contribution in [2.75, 3.05) is 18.5 Å². The van der Waals surface area contributed by atoms with E-state index in [9.17, 15) is 14.4 Å². The van der Waals surface area contributed by atoms with Gasteiger partial charge in [-0.1, -0.05) is 51.4 Å². The second-order valence-corrected chi connectivity index (χ2v) is 13.6. The van der Waals surface area contributed by atoms with E-state index in [1.807, 2.05) is 32.0 Å². The lowest BCUT2D eigenvalue weighted by Crippen LogP contribution is -2.42. The molecule has 0 fully saturated rings. The Hall–Kier alpha value is -3.58. The van der Waals surface area contributed by atoms with Crippen LogP contribution in [0.5, 0.6) is 11.5 Å². The van der Waals surface area contributed by atoms with Gasteiger partial charge >= 0.3 is 0 Å². The third kappa shape index (κ3) is 6.12. The highest BCUT2D eigenvalue weighted by atomic mass is 35.5. The fourth-order valence-electron chi connectivity index (χ4n) is 6.32. The minimum atomic E-state index is -0.480. The number of halogens is 1. The first-order chi connectivity index (χ1) is 19.8. The first-order valence-corrected chi connectivity index (χ1v) is 14.9. The van der Waals surface area contributed by atoms with Gasteiger partial charge in [0.1, 0.15) is 0 Å². The molecule has 0 spiro atoms. The molecule has 0 unspecified atom stereocenters. The maximum atomic E-state index is 13.6. The van der Waals surface area contributed by atoms with Crippen molar-refractivity contribution in [1.29, 1.82) is 0 Å². The number of nitrogens with one attached hydrogen (secondary N) is 2. The van der Waals surface area contributed by atoms with Gasteiger partial charge in [-0.2, -0.15) is 0 Å². The molecule has 0 saturated carbocycles. The van der Waals surface area contributed by atoms with E-state index in [1.165, 1.54) is 0 Å². The van der Waals surface area contributed by atoms with Gasteiger partial charge in [0.25, 0.3) is 5.91 Å². The van der Waals surface area contributed by atoms with Gasteiger partial charge in [-0.05, 0) is 72.9 Å². The number of Topliss-reactive ketones (excluding diaryl/α,β-unsaturated/α-hetero) is 2. The number of benzene rings is 2. The molecule has 7 nitrogen and oxygen atoms in total. The standard InChI is InChI=1S/C34H39ClN2O5/c1-7-41-28-12-20(9-11-27(28)42-18-29(40)36-21-10-8-19(2)22(35)13-21)30-31-23(14-33(3,4)16-25(31)38)37-24-15-34(5,6)17-26(39)32(24)30/h8-13,30,37H,7,14-18H2,1-6H3,(H,36,40). The Morgan fingerprint density at radius 2 is 1.52 bits per heavy atom. The molecule has 0 radical (unpaired) electrons. The summed E-state index contributed by atoms with van der Waals surface area (Å²) < 4.78 is 11.8. The van der Waals surface area contributed by atoms with Crippen molar-refractivity contribution in [2.45, 2.75) is 73.1 Å². The molecule has 1 amide bonds. The van der Waals surface area contributed by atoms with Gasteiger partial charge in [0, 0.05) is 52.0 Å². The zero-order chi connectivity index (χ0) is 30.4. The van der Waals surface area contributed by atoms with Crippen molar-refractivity contribution in [3.63, 3.8) is 0 Å². The largest absolute Gasteiger partial charge is 0.490 e. The summed E-state index contributed by atoms with van der Waals surface area (Å²) in [4.78, 5) is 39.9. The van der Waals surface area contributed by atoms with Crippen LogP contribution in [0.2, 0.25) is 5.02 Å². The number of aryl methyl sites for hydroxylation is 1. The summed E-state index contributed by atoms with van der Waals surface area (Å²) in [6, 6.07) is 10.8. The van der Waals surface area contributed by atoms with Gasteiger partial charge in [-0.3, -0.25) is 14.4 Å². The Kier molecular flexibility index (Phi) is 8.01. The molecular weight excluding hydrogens is 552 g/mol. The Bertz CT molecular complexity index is 1480. The number of dihydropyridines is 1. The maximum absolute atomic E-state index is 13.6. The molecule has 0 bridgehead atoms. The number of carbonyl (C=O) groups is 3. The first kappa shape index (κ1) is 29.9. The summed E-state index contributed by atoms with van der Waals surface area (Å²) in [7, 11) is 0. The van der Waals surface area contributed by atoms with Crippen molar-refractivity contribution in [1.82, 2.24) is 5.32 Å². The zero-order valence-electron chi connectivity index (χ0n) is 25.2. The highest BCUT2D eigenvalue weighted by molar-refractivity contribution is 6.31. The summed E-state index contributed by atoms with van der Waals surface area (Å²) in [5, 5.41) is 6.91. The smallest absolute Gasteiger partial charge is 0.262 e. The fourth-order valence-corrected chi connectivity index (χ4v) is 6.51. The first-order valence-electron chi connectivity index (χ1n) is 14.5. The molecule has 1 heterocycles. The van der Waals surface area contributed by atoms with Gasteiger partial charge in [0.15, 0.2) is 29.7 Å². The van der Waals surface area contributed by atoms with Gasteiger partial charge in [-0.15, -0.1) is 0 Å². The summed E-state index contributed by atoms with van der Waals surface area (Å²) in [6.07, 6.45) is 2.31. The second-order valence-electron chi connectivity index (χ2n) is 13.2. The van der Waals surface area contributed by atoms with Gasteiger partial charge < -0.3 is 20.1 Å². The SMILES string of the molecule is CCOc1cc(C2C3=C(CC(C)(C)CC3=O)NC3=C2C(=O)CC(C)(C)C3)ccc1OCC(=O)Nc1ccc(C)c(Cl)c1. The average Bonchev–Trinajstić information content (AvgIpc) is 2.87. The number of allylic oxidation sites excluding steroid dienone is 4. The molecule has 2 aromatic carbocycles. The van der Waals surface area contributed by atoms with Crippen LogP contribution < -0.4 is 20.1 Å². The molecule has 0 atom stereocenters. The van der Waals surface area contributed by atoms with Crippen LogP contribution >= 0.6 is 11.6 Å². The molecule has 3 aliphatic rings. The predicted molar refractivity (Wildman–Crippen MR) is 164 cm³/mol. The van der Waals surface area contributed by atoms with Crippen molar-refractivity contribution >= 4 is 34.8 Å². The lowest BCUT2D eigenvalue weighted by atomic mass is 9.64. The highest BCUT2D eigenvalue weighted by Crippen LogP contribution is 2.51. The van der Waals surface area contributed by atoms with Crippen LogP contribution in [0.4, 0.5) is 5.69 Å². The Morgan fingerprint density at radius 1 is 0.905 bits per heavy atom. The number of anilines is 1. The Morgan fingerprint density at radius 3 is 2.10 bits per heavy atom. The summed E-state index contributed by atoms with van der Waals surface area (Å²) >= 11 is 6.18. The molecule has 222 valence electrons. The van der Waals surface area contributed by atoms with Crippen molar-refractivity contribution in [3.8, 4) is 11.5 Å². The highest BCUT2D eigenvalue weighted by Gasteiger charge is 2.46. The molecule has 2 aromatic rings. The van der Waals surface area contributed by atoms with E-state index in [0.717, 1.165) is 35.4 Å². The lowest BCUT2D eigenvalue weighted by molar-refractivity contribution is -0.119. The molecular formula is C34H39ClN2O5. The number of ether oxygens (including phenoxy) is 2. The van der Waals surface area contributed by atoms with Crippen LogP contribution in [0.3, 0.4) is 0 Å². The van der Waals surface area contributed by atoms with E-state index in [1.54, 1.807) is 18.2 Å². The molecule has 2 N–H and O–H groups in total. The summed E-state index contributed by atoms with van der Waals surface area (Å²) in [5.74, 6) is 0.170. The molecule has 5 rings (SSSR count). The number of ketones is 2. The molecule has 1 aliphatic heterocycles. The van der Waals surface area contributed by atoms with Gasteiger partial charge in [0.05, 0.1) is 6.61 Å². The normalized spacial score (nSPS) is 19.6. The molecule has 42 heavy (non-hydrogen) atoms. The van der Waals surface area contributed by atoms with Gasteiger partial charge in [0.2, 0.25) is 0 Å². The molecule has 2 aliphatic carbocycles. The number of hydrogen-bond donors (Lipinski definition) is 2. The molecule has 0 aromatic heterocycles. The number of carbonyl (C=O) groups excluding carboxylic acids is 3. The van der Waals surface area contributed by atoms with Crippen LogP contribution in [0, 0.1) is 17.8 Å². The summed E-state index contributed by atoms with van der Waals surface area (Å²) in [6.45, 7) is 12.3. The predicted octanol–water partition coefficient (Wildman–Crippen LogP) is 7.04. The number of amides is 1. The minimum absolute atomic E-state index is 0.0640. The van der Waals surface area contributed by atoms with E-state index >= 15 is 0 Å². The Balaban J connectivity index is 1.47. The zero-order valence-corrected chi connectivity index (χ0v) is 26.0. The third-order valence-electron chi connectivity index (χ3n) is 8.13. The van der Waals surface area contributed by atoms with E-state index in [0.29, 0.717) is 52.8 Å². The van der Waals surface area contributed by atoms with E-state index in [-0.39, 0.29) is 34.9 Å².